The highest BCUT2D eigenvalue weighted by atomic mass is 32.1. The summed E-state index contributed by atoms with van der Waals surface area (Å²) in [7, 11) is 0. The minimum atomic E-state index is 0.586. The molecular formula is C20H22N2O2S. The third-order valence-corrected chi connectivity index (χ3v) is 4.44. The zero-order valence-electron chi connectivity index (χ0n) is 14.3. The highest BCUT2D eigenvalue weighted by Gasteiger charge is 2.03. The van der Waals surface area contributed by atoms with Gasteiger partial charge in [0.2, 0.25) is 0 Å². The molecular weight excluding hydrogens is 332 g/mol. The van der Waals surface area contributed by atoms with Crippen LogP contribution >= 0.6 is 11.3 Å². The summed E-state index contributed by atoms with van der Waals surface area (Å²) in [6, 6.07) is 16.1. The fourth-order valence-corrected chi connectivity index (χ4v) is 2.93. The fraction of sp³-hybridized carbons (Fsp3) is 0.250. The lowest BCUT2D eigenvalue weighted by atomic mass is 10.2. The molecule has 0 saturated heterocycles. The lowest BCUT2D eigenvalue weighted by Crippen LogP contribution is -2.02. The molecule has 0 unspecified atom stereocenters. The van der Waals surface area contributed by atoms with Crippen LogP contribution in [0.3, 0.4) is 0 Å². The van der Waals surface area contributed by atoms with Crippen LogP contribution in [0.15, 0.2) is 53.9 Å². The van der Waals surface area contributed by atoms with Crippen LogP contribution in [0.25, 0.3) is 11.3 Å². The standard InChI is InChI=1S/C20H22N2O2S/c1-15-4-8-17(9-5-15)23-12-2-3-13-24-18-10-6-16(7-11-18)19-14-25-20(21)22-19/h4-11,14H,2-3,12-13H2,1H3,(H2,21,22). The zero-order chi connectivity index (χ0) is 17.5. The molecule has 0 aliphatic rings. The van der Waals surface area contributed by atoms with Crippen LogP contribution in [0.1, 0.15) is 18.4 Å². The van der Waals surface area contributed by atoms with Gasteiger partial charge in [0.15, 0.2) is 5.13 Å². The van der Waals surface area contributed by atoms with Crippen LogP contribution in [-0.2, 0) is 0 Å². The first kappa shape index (κ1) is 17.3. The van der Waals surface area contributed by atoms with Crippen LogP contribution in [-0.4, -0.2) is 18.2 Å². The van der Waals surface area contributed by atoms with Gasteiger partial charge in [-0.3, -0.25) is 0 Å². The first-order chi connectivity index (χ1) is 12.2. The van der Waals surface area contributed by atoms with Crippen molar-refractivity contribution in [3.63, 3.8) is 0 Å². The summed E-state index contributed by atoms with van der Waals surface area (Å²) in [5.41, 5.74) is 8.86. The first-order valence-electron chi connectivity index (χ1n) is 8.34. The molecule has 3 rings (SSSR count). The quantitative estimate of drug-likeness (QED) is 0.582. The van der Waals surface area contributed by atoms with E-state index < -0.39 is 0 Å². The summed E-state index contributed by atoms with van der Waals surface area (Å²) in [6.07, 6.45) is 1.92. The average molecular weight is 354 g/mol. The third kappa shape index (κ3) is 5.22. The number of ether oxygens (including phenoxy) is 2. The molecule has 130 valence electrons. The van der Waals surface area contributed by atoms with E-state index in [2.05, 4.69) is 24.0 Å². The van der Waals surface area contributed by atoms with Crippen LogP contribution in [0, 0.1) is 6.92 Å². The monoisotopic (exact) mass is 354 g/mol. The summed E-state index contributed by atoms with van der Waals surface area (Å²) in [6.45, 7) is 3.46. The molecule has 0 aliphatic heterocycles. The van der Waals surface area contributed by atoms with Crippen molar-refractivity contribution in [1.82, 2.24) is 4.98 Å². The van der Waals surface area contributed by atoms with Gasteiger partial charge in [-0.15, -0.1) is 11.3 Å². The smallest absolute Gasteiger partial charge is 0.180 e. The van der Waals surface area contributed by atoms with Crippen molar-refractivity contribution < 1.29 is 9.47 Å². The van der Waals surface area contributed by atoms with E-state index in [0.717, 1.165) is 35.6 Å². The lowest BCUT2D eigenvalue weighted by molar-refractivity contribution is 0.266. The van der Waals surface area contributed by atoms with Gasteiger partial charge in [-0.25, -0.2) is 4.98 Å². The van der Waals surface area contributed by atoms with E-state index in [-0.39, 0.29) is 0 Å². The van der Waals surface area contributed by atoms with Crippen molar-refractivity contribution >= 4 is 16.5 Å². The summed E-state index contributed by atoms with van der Waals surface area (Å²) in [5, 5.41) is 2.54. The number of rotatable bonds is 8. The molecule has 3 aromatic rings. The maximum absolute atomic E-state index is 5.77. The molecule has 1 heterocycles. The average Bonchev–Trinajstić information content (AvgIpc) is 3.06. The highest BCUT2D eigenvalue weighted by Crippen LogP contribution is 2.25. The Labute approximate surface area is 152 Å². The number of thiazole rings is 1. The topological polar surface area (TPSA) is 57.4 Å². The molecule has 2 N–H and O–H groups in total. The maximum Gasteiger partial charge on any atom is 0.180 e. The molecule has 0 spiro atoms. The molecule has 0 atom stereocenters. The van der Waals surface area contributed by atoms with Crippen LogP contribution in [0.4, 0.5) is 5.13 Å². The number of unbranched alkanes of at least 4 members (excludes halogenated alkanes) is 1. The van der Waals surface area contributed by atoms with E-state index in [1.807, 2.05) is 41.8 Å². The minimum Gasteiger partial charge on any atom is -0.494 e. The predicted molar refractivity (Wildman–Crippen MR) is 103 cm³/mol. The Morgan fingerprint density at radius 2 is 1.44 bits per heavy atom. The van der Waals surface area contributed by atoms with Gasteiger partial charge in [0, 0.05) is 10.9 Å². The van der Waals surface area contributed by atoms with Crippen molar-refractivity contribution in [3.05, 3.63) is 59.5 Å². The summed E-state index contributed by atoms with van der Waals surface area (Å²) < 4.78 is 11.5. The summed E-state index contributed by atoms with van der Waals surface area (Å²) >= 11 is 1.45. The predicted octanol–water partition coefficient (Wildman–Crippen LogP) is 4.94. The van der Waals surface area contributed by atoms with Gasteiger partial charge in [-0.05, 0) is 56.2 Å². The molecule has 2 aromatic carbocycles. The number of hydrogen-bond donors (Lipinski definition) is 1. The number of nitrogen functional groups attached to an aromatic ring is 1. The maximum atomic E-state index is 5.77. The van der Waals surface area contributed by atoms with Crippen molar-refractivity contribution in [1.29, 1.82) is 0 Å². The Bertz CT molecular complexity index is 782. The zero-order valence-corrected chi connectivity index (χ0v) is 15.1. The number of nitrogens with two attached hydrogens (primary N) is 1. The Morgan fingerprint density at radius 3 is 1.96 bits per heavy atom. The Balaban J connectivity index is 1.35. The third-order valence-electron chi connectivity index (χ3n) is 3.77. The van der Waals surface area contributed by atoms with Gasteiger partial charge in [-0.2, -0.15) is 0 Å². The molecule has 0 radical (unpaired) electrons. The number of benzene rings is 2. The van der Waals surface area contributed by atoms with E-state index in [9.17, 15) is 0 Å². The molecule has 1 aromatic heterocycles. The van der Waals surface area contributed by atoms with Gasteiger partial charge in [0.05, 0.1) is 18.9 Å². The Morgan fingerprint density at radius 1 is 0.880 bits per heavy atom. The second-order valence-electron chi connectivity index (χ2n) is 5.81. The molecule has 4 nitrogen and oxygen atoms in total. The van der Waals surface area contributed by atoms with Crippen molar-refractivity contribution in [2.24, 2.45) is 0 Å². The molecule has 0 bridgehead atoms. The number of hydrogen-bond acceptors (Lipinski definition) is 5. The van der Waals surface area contributed by atoms with E-state index >= 15 is 0 Å². The van der Waals surface area contributed by atoms with Gasteiger partial charge in [0.25, 0.3) is 0 Å². The highest BCUT2D eigenvalue weighted by molar-refractivity contribution is 7.13. The lowest BCUT2D eigenvalue weighted by Gasteiger charge is -2.08. The number of anilines is 1. The Hall–Kier alpha value is -2.53. The van der Waals surface area contributed by atoms with E-state index in [1.54, 1.807) is 0 Å². The van der Waals surface area contributed by atoms with Crippen molar-refractivity contribution in [3.8, 4) is 22.8 Å². The van der Waals surface area contributed by atoms with Crippen molar-refractivity contribution in [2.75, 3.05) is 18.9 Å². The molecule has 25 heavy (non-hydrogen) atoms. The summed E-state index contributed by atoms with van der Waals surface area (Å²) in [5.74, 6) is 1.79. The number of aryl methyl sites for hydroxylation is 1. The Kier molecular flexibility index (Phi) is 5.90. The van der Waals surface area contributed by atoms with E-state index in [0.29, 0.717) is 18.3 Å². The molecule has 0 fully saturated rings. The van der Waals surface area contributed by atoms with Crippen LogP contribution < -0.4 is 15.2 Å². The normalized spacial score (nSPS) is 10.6. The minimum absolute atomic E-state index is 0.586. The molecule has 0 amide bonds. The molecule has 5 heteroatoms. The first-order valence-corrected chi connectivity index (χ1v) is 9.22. The molecule has 0 saturated carbocycles. The second kappa shape index (κ2) is 8.53. The SMILES string of the molecule is Cc1ccc(OCCCCOc2ccc(-c3csc(N)n3)cc2)cc1. The van der Waals surface area contributed by atoms with Gasteiger partial charge in [0.1, 0.15) is 11.5 Å². The summed E-state index contributed by atoms with van der Waals surface area (Å²) in [4.78, 5) is 4.28. The number of aromatic nitrogens is 1. The van der Waals surface area contributed by atoms with Crippen LogP contribution in [0.5, 0.6) is 11.5 Å². The molecule has 0 aliphatic carbocycles. The fourth-order valence-electron chi connectivity index (χ4n) is 2.36. The van der Waals surface area contributed by atoms with E-state index in [4.69, 9.17) is 15.2 Å². The van der Waals surface area contributed by atoms with Gasteiger partial charge < -0.3 is 15.2 Å². The second-order valence-corrected chi connectivity index (χ2v) is 6.70. The number of nitrogens with zero attached hydrogens (tertiary/aromatic N) is 1. The van der Waals surface area contributed by atoms with Crippen molar-refractivity contribution in [2.45, 2.75) is 19.8 Å². The van der Waals surface area contributed by atoms with Gasteiger partial charge in [-0.1, -0.05) is 17.7 Å². The van der Waals surface area contributed by atoms with Crippen LogP contribution in [0.2, 0.25) is 0 Å². The van der Waals surface area contributed by atoms with E-state index in [1.165, 1.54) is 16.9 Å². The van der Waals surface area contributed by atoms with Gasteiger partial charge >= 0.3 is 0 Å². The largest absolute Gasteiger partial charge is 0.494 e.